The van der Waals surface area contributed by atoms with Crippen LogP contribution >= 0.6 is 0 Å². The highest BCUT2D eigenvalue weighted by Gasteiger charge is 2.33. The van der Waals surface area contributed by atoms with Gasteiger partial charge in [-0.05, 0) is 43.2 Å². The Balaban J connectivity index is 1.68. The molecule has 0 bridgehead atoms. The molecule has 0 spiro atoms. The number of nitrogens with zero attached hydrogens (tertiary/aromatic N) is 2. The molecule has 0 aromatic heterocycles. The van der Waals surface area contributed by atoms with E-state index in [-0.39, 0.29) is 18.5 Å². The molecule has 1 saturated carbocycles. The maximum absolute atomic E-state index is 14.0. The van der Waals surface area contributed by atoms with Gasteiger partial charge >= 0.3 is 0 Å². The first-order valence-electron chi connectivity index (χ1n) is 13.8. The minimum atomic E-state index is -3.81. The van der Waals surface area contributed by atoms with Crippen LogP contribution in [-0.4, -0.2) is 50.0 Å². The van der Waals surface area contributed by atoms with Crippen LogP contribution in [0.1, 0.15) is 56.6 Å². The number of carbonyl (C=O) groups excluding carboxylic acids is 2. The van der Waals surface area contributed by atoms with Crippen LogP contribution in [0.15, 0.2) is 66.7 Å². The van der Waals surface area contributed by atoms with Crippen molar-refractivity contribution >= 4 is 38.3 Å². The van der Waals surface area contributed by atoms with Gasteiger partial charge in [0.1, 0.15) is 12.6 Å². The van der Waals surface area contributed by atoms with Gasteiger partial charge in [-0.25, -0.2) is 8.42 Å². The second kappa shape index (κ2) is 12.6. The lowest BCUT2D eigenvalue weighted by Gasteiger charge is -2.34. The molecule has 3 aromatic rings. The van der Waals surface area contributed by atoms with Crippen LogP contribution < -0.4 is 9.62 Å². The van der Waals surface area contributed by atoms with E-state index in [0.29, 0.717) is 12.1 Å². The fourth-order valence-corrected chi connectivity index (χ4v) is 6.35. The SMILES string of the molecule is CC[C@H](C(=O)NC1CCCCC1)N(Cc1cccc(C)c1)C(=O)CN(c1cccc2ccccc12)S(C)(=O)=O. The Morgan fingerprint density at radius 3 is 2.36 bits per heavy atom. The highest BCUT2D eigenvalue weighted by Crippen LogP contribution is 2.29. The van der Waals surface area contributed by atoms with E-state index in [1.807, 2.05) is 68.4 Å². The Morgan fingerprint density at radius 2 is 1.67 bits per heavy atom. The molecule has 0 heterocycles. The number of hydrogen-bond acceptors (Lipinski definition) is 4. The first kappa shape index (κ1) is 28.6. The Labute approximate surface area is 232 Å². The van der Waals surface area contributed by atoms with E-state index in [1.165, 1.54) is 6.42 Å². The summed E-state index contributed by atoms with van der Waals surface area (Å²) in [7, 11) is -3.81. The van der Waals surface area contributed by atoms with Gasteiger partial charge in [0.2, 0.25) is 21.8 Å². The third kappa shape index (κ3) is 7.18. The molecule has 0 aliphatic heterocycles. The van der Waals surface area contributed by atoms with Crippen molar-refractivity contribution in [1.82, 2.24) is 10.2 Å². The maximum atomic E-state index is 14.0. The number of hydrogen-bond donors (Lipinski definition) is 1. The lowest BCUT2D eigenvalue weighted by Crippen LogP contribution is -2.54. The normalized spacial score (nSPS) is 15.1. The fourth-order valence-electron chi connectivity index (χ4n) is 5.49. The molecule has 7 nitrogen and oxygen atoms in total. The van der Waals surface area contributed by atoms with Crippen molar-refractivity contribution in [3.05, 3.63) is 77.9 Å². The number of carbonyl (C=O) groups is 2. The second-order valence-corrected chi connectivity index (χ2v) is 12.5. The lowest BCUT2D eigenvalue weighted by molar-refractivity contribution is -0.140. The van der Waals surface area contributed by atoms with E-state index < -0.39 is 28.5 Å². The van der Waals surface area contributed by atoms with Gasteiger partial charge in [0.15, 0.2) is 0 Å². The quantitative estimate of drug-likeness (QED) is 0.378. The van der Waals surface area contributed by atoms with Crippen molar-refractivity contribution in [2.45, 2.75) is 71.0 Å². The van der Waals surface area contributed by atoms with Crippen molar-refractivity contribution in [1.29, 1.82) is 0 Å². The van der Waals surface area contributed by atoms with Gasteiger partial charge in [0, 0.05) is 18.0 Å². The summed E-state index contributed by atoms with van der Waals surface area (Å²) < 4.78 is 27.3. The number of anilines is 1. The molecule has 3 aromatic carbocycles. The molecule has 39 heavy (non-hydrogen) atoms. The van der Waals surface area contributed by atoms with Gasteiger partial charge in [-0.3, -0.25) is 13.9 Å². The van der Waals surface area contributed by atoms with Gasteiger partial charge in [0.25, 0.3) is 0 Å². The molecule has 8 heteroatoms. The van der Waals surface area contributed by atoms with Crippen LogP contribution in [0.2, 0.25) is 0 Å². The molecule has 0 radical (unpaired) electrons. The van der Waals surface area contributed by atoms with Crippen molar-refractivity contribution in [2.24, 2.45) is 0 Å². The van der Waals surface area contributed by atoms with Crippen molar-refractivity contribution in [2.75, 3.05) is 17.1 Å². The van der Waals surface area contributed by atoms with E-state index in [9.17, 15) is 18.0 Å². The minimum absolute atomic E-state index is 0.111. The van der Waals surface area contributed by atoms with Crippen LogP contribution in [-0.2, 0) is 26.2 Å². The topological polar surface area (TPSA) is 86.8 Å². The number of benzene rings is 3. The standard InChI is InChI=1S/C31H39N3O4S/c1-4-28(31(36)32-26-16-6-5-7-17-26)33(21-24-13-10-12-23(2)20-24)30(35)22-34(39(3,37)38)29-19-11-15-25-14-8-9-18-27(25)29/h8-15,18-20,26,28H,4-7,16-17,21-22H2,1-3H3,(H,32,36)/t28-/m1/s1. The van der Waals surface area contributed by atoms with Crippen molar-refractivity contribution < 1.29 is 18.0 Å². The number of sulfonamides is 1. The molecule has 1 aliphatic carbocycles. The third-order valence-corrected chi connectivity index (χ3v) is 8.61. The fraction of sp³-hybridized carbons (Fsp3) is 0.419. The summed E-state index contributed by atoms with van der Waals surface area (Å²) in [6.45, 7) is 3.69. The number of aryl methyl sites for hydroxylation is 1. The van der Waals surface area contributed by atoms with Crippen LogP contribution in [0, 0.1) is 6.92 Å². The molecule has 0 unspecified atom stereocenters. The molecule has 1 atom stereocenters. The smallest absolute Gasteiger partial charge is 0.244 e. The predicted octanol–water partition coefficient (Wildman–Crippen LogP) is 5.17. The molecule has 1 N–H and O–H groups in total. The molecule has 4 rings (SSSR count). The second-order valence-electron chi connectivity index (χ2n) is 10.5. The molecule has 1 fully saturated rings. The number of rotatable bonds is 10. The van der Waals surface area contributed by atoms with E-state index in [1.54, 1.807) is 17.0 Å². The van der Waals surface area contributed by atoms with E-state index in [0.717, 1.165) is 58.1 Å². The average Bonchev–Trinajstić information content (AvgIpc) is 2.91. The lowest BCUT2D eigenvalue weighted by atomic mass is 9.95. The van der Waals surface area contributed by atoms with E-state index in [4.69, 9.17) is 0 Å². The maximum Gasteiger partial charge on any atom is 0.244 e. The highest BCUT2D eigenvalue weighted by molar-refractivity contribution is 7.92. The molecular weight excluding hydrogens is 510 g/mol. The van der Waals surface area contributed by atoms with Crippen LogP contribution in [0.4, 0.5) is 5.69 Å². The Bertz CT molecular complexity index is 1410. The van der Waals surface area contributed by atoms with Gasteiger partial charge in [-0.2, -0.15) is 0 Å². The summed E-state index contributed by atoms with van der Waals surface area (Å²) in [6.07, 6.45) is 6.76. The van der Waals surface area contributed by atoms with Gasteiger partial charge in [-0.1, -0.05) is 92.4 Å². The number of fused-ring (bicyclic) bond motifs is 1. The molecular formula is C31H39N3O4S. The van der Waals surface area contributed by atoms with Gasteiger partial charge in [0.05, 0.1) is 11.9 Å². The zero-order valence-electron chi connectivity index (χ0n) is 23.1. The first-order chi connectivity index (χ1) is 18.7. The zero-order chi connectivity index (χ0) is 28.0. The van der Waals surface area contributed by atoms with Gasteiger partial charge < -0.3 is 10.2 Å². The molecule has 0 saturated heterocycles. The molecule has 2 amide bonds. The van der Waals surface area contributed by atoms with Crippen LogP contribution in [0.3, 0.4) is 0 Å². The van der Waals surface area contributed by atoms with E-state index >= 15 is 0 Å². The summed E-state index contributed by atoms with van der Waals surface area (Å²) in [4.78, 5) is 29.1. The Kier molecular flexibility index (Phi) is 9.28. The zero-order valence-corrected chi connectivity index (χ0v) is 23.9. The van der Waals surface area contributed by atoms with Crippen molar-refractivity contribution in [3.8, 4) is 0 Å². The van der Waals surface area contributed by atoms with Crippen LogP contribution in [0.5, 0.6) is 0 Å². The average molecular weight is 550 g/mol. The summed E-state index contributed by atoms with van der Waals surface area (Å²) in [6, 6.07) is 20.1. The summed E-state index contributed by atoms with van der Waals surface area (Å²) in [5.41, 5.74) is 2.38. The number of amides is 2. The number of nitrogens with one attached hydrogen (secondary N) is 1. The third-order valence-electron chi connectivity index (χ3n) is 7.49. The largest absolute Gasteiger partial charge is 0.352 e. The monoisotopic (exact) mass is 549 g/mol. The predicted molar refractivity (Wildman–Crippen MR) is 157 cm³/mol. The first-order valence-corrected chi connectivity index (χ1v) is 15.6. The summed E-state index contributed by atoms with van der Waals surface area (Å²) in [5.74, 6) is -0.595. The summed E-state index contributed by atoms with van der Waals surface area (Å²) in [5, 5.41) is 4.80. The molecule has 1 aliphatic rings. The Hall–Kier alpha value is -3.39. The highest BCUT2D eigenvalue weighted by atomic mass is 32.2. The summed E-state index contributed by atoms with van der Waals surface area (Å²) >= 11 is 0. The van der Waals surface area contributed by atoms with E-state index in [2.05, 4.69) is 5.32 Å². The van der Waals surface area contributed by atoms with Crippen molar-refractivity contribution in [3.63, 3.8) is 0 Å². The van der Waals surface area contributed by atoms with Gasteiger partial charge in [-0.15, -0.1) is 0 Å². The minimum Gasteiger partial charge on any atom is -0.352 e. The Morgan fingerprint density at radius 1 is 0.974 bits per heavy atom. The van der Waals surface area contributed by atoms with Crippen LogP contribution in [0.25, 0.3) is 10.8 Å². The molecule has 208 valence electrons.